The van der Waals surface area contributed by atoms with Crippen molar-refractivity contribution in [2.24, 2.45) is 0 Å². The lowest BCUT2D eigenvalue weighted by Gasteiger charge is -2.39. The highest BCUT2D eigenvalue weighted by atomic mass is 35.5. The van der Waals surface area contributed by atoms with E-state index in [0.29, 0.717) is 0 Å². The molecule has 0 unspecified atom stereocenters. The monoisotopic (exact) mass is 444 g/mol. The van der Waals surface area contributed by atoms with Crippen LogP contribution in [0.25, 0.3) is 12.2 Å². The van der Waals surface area contributed by atoms with Crippen LogP contribution in [0.4, 0.5) is 11.4 Å². The van der Waals surface area contributed by atoms with Crippen molar-refractivity contribution in [1.29, 1.82) is 0 Å². The normalized spacial score (nSPS) is 13.3. The molecule has 3 aromatic rings. The molecule has 0 bridgehead atoms. The van der Waals surface area contributed by atoms with Gasteiger partial charge in [-0.05, 0) is 28.8 Å². The summed E-state index contributed by atoms with van der Waals surface area (Å²) in [6, 6.07) is 20.8. The molecule has 6 nitrogen and oxygen atoms in total. The summed E-state index contributed by atoms with van der Waals surface area (Å²) in [5.41, 5.74) is 1.55. The van der Waals surface area contributed by atoms with Gasteiger partial charge in [-0.15, -0.1) is 28.4 Å². The summed E-state index contributed by atoms with van der Waals surface area (Å²) in [4.78, 5) is 0. The molecule has 3 rings (SSSR count). The van der Waals surface area contributed by atoms with Crippen molar-refractivity contribution >= 4 is 46.7 Å². The Hall–Kier alpha value is -2.58. The van der Waals surface area contributed by atoms with E-state index in [1.807, 2.05) is 48.5 Å². The number of hydrogen-bond donors (Lipinski definition) is 2. The minimum absolute atomic E-state index is 0.184. The number of benzene rings is 3. The molecule has 0 radical (unpaired) electrons. The third kappa shape index (κ3) is 5.12. The second kappa shape index (κ2) is 9.95. The van der Waals surface area contributed by atoms with Crippen molar-refractivity contribution in [1.82, 2.24) is 0 Å². The quantitative estimate of drug-likeness (QED) is 0.245. The largest absolute Gasteiger partial charge is 0.769 e. The molecule has 8 heteroatoms. The Morgan fingerprint density at radius 1 is 0.767 bits per heavy atom. The SMILES string of the molecule is [O-]N([O-])c1cc(N(O)O)c([C@H](Cl)[C@H](Cl)c2ccccc2)cc1C=Cc1ccccc1. The maximum absolute atomic E-state index is 11.6. The Morgan fingerprint density at radius 2 is 1.37 bits per heavy atom. The van der Waals surface area contributed by atoms with Crippen LogP contribution in [0.5, 0.6) is 0 Å². The molecule has 30 heavy (non-hydrogen) atoms. The second-order valence-corrected chi connectivity index (χ2v) is 7.42. The van der Waals surface area contributed by atoms with E-state index in [4.69, 9.17) is 23.2 Å². The third-order valence-electron chi connectivity index (χ3n) is 4.52. The number of rotatable bonds is 7. The number of halogens is 2. The first-order valence-corrected chi connectivity index (χ1v) is 9.82. The molecule has 0 saturated heterocycles. The Bertz CT molecular complexity index is 999. The van der Waals surface area contributed by atoms with Gasteiger partial charge in [-0.25, -0.2) is 0 Å². The van der Waals surface area contributed by atoms with Gasteiger partial charge < -0.3 is 15.6 Å². The van der Waals surface area contributed by atoms with Crippen LogP contribution in [-0.4, -0.2) is 10.4 Å². The molecule has 0 aliphatic carbocycles. The molecule has 0 aliphatic rings. The molecule has 0 saturated carbocycles. The van der Waals surface area contributed by atoms with Crippen LogP contribution in [-0.2, 0) is 0 Å². The molecule has 3 aromatic carbocycles. The summed E-state index contributed by atoms with van der Waals surface area (Å²) in [7, 11) is 0. The van der Waals surface area contributed by atoms with Crippen molar-refractivity contribution < 1.29 is 10.4 Å². The molecule has 0 aliphatic heterocycles. The first-order chi connectivity index (χ1) is 14.4. The average molecular weight is 445 g/mol. The smallest absolute Gasteiger partial charge is 0.101 e. The fraction of sp³-hybridized carbons (Fsp3) is 0.0909. The van der Waals surface area contributed by atoms with Crippen molar-refractivity contribution in [3.63, 3.8) is 0 Å². The second-order valence-electron chi connectivity index (χ2n) is 6.47. The Kier molecular flexibility index (Phi) is 7.33. The highest BCUT2D eigenvalue weighted by molar-refractivity contribution is 6.30. The standard InChI is InChI=1S/C22H18Cl2N2O4/c23-21(16-9-5-2-6-10-16)22(24)18-13-17(12-11-15-7-3-1-4-8-15)19(25(27)28)14-20(18)26(29)30/h1-14,21-22,29-30H/q-2/t21-,22+/m1/s1. The van der Waals surface area contributed by atoms with Gasteiger partial charge >= 0.3 is 0 Å². The van der Waals surface area contributed by atoms with Gasteiger partial charge in [0.05, 0.1) is 10.8 Å². The number of alkyl halides is 2. The molecule has 0 aromatic heterocycles. The van der Waals surface area contributed by atoms with Gasteiger partial charge in [0.1, 0.15) is 5.69 Å². The fourth-order valence-corrected chi connectivity index (χ4v) is 3.61. The summed E-state index contributed by atoms with van der Waals surface area (Å²) in [6.07, 6.45) is 3.30. The molecular formula is C22H18Cl2N2O4-2. The molecular weight excluding hydrogens is 427 g/mol. The average Bonchev–Trinajstić information content (AvgIpc) is 2.77. The Morgan fingerprint density at radius 3 is 1.93 bits per heavy atom. The van der Waals surface area contributed by atoms with Gasteiger partial charge in [-0.2, -0.15) is 0 Å². The van der Waals surface area contributed by atoms with E-state index in [2.05, 4.69) is 0 Å². The zero-order valence-corrected chi connectivity index (χ0v) is 17.1. The van der Waals surface area contributed by atoms with E-state index in [0.717, 1.165) is 17.2 Å². The topological polar surface area (TPSA) is 93.1 Å². The van der Waals surface area contributed by atoms with Crippen molar-refractivity contribution in [3.8, 4) is 0 Å². The summed E-state index contributed by atoms with van der Waals surface area (Å²) in [5, 5.41) is 40.1. The van der Waals surface area contributed by atoms with Gasteiger partial charge in [0.25, 0.3) is 0 Å². The van der Waals surface area contributed by atoms with Gasteiger partial charge in [-0.1, -0.05) is 72.8 Å². The van der Waals surface area contributed by atoms with E-state index >= 15 is 0 Å². The highest BCUT2D eigenvalue weighted by Crippen LogP contribution is 2.45. The van der Waals surface area contributed by atoms with Gasteiger partial charge in [0.15, 0.2) is 0 Å². The summed E-state index contributed by atoms with van der Waals surface area (Å²) < 4.78 is 0. The summed E-state index contributed by atoms with van der Waals surface area (Å²) in [5.74, 6) is 0. The summed E-state index contributed by atoms with van der Waals surface area (Å²) >= 11 is 13.1. The molecule has 0 amide bonds. The predicted molar refractivity (Wildman–Crippen MR) is 121 cm³/mol. The summed E-state index contributed by atoms with van der Waals surface area (Å²) in [6.45, 7) is 0. The predicted octanol–water partition coefficient (Wildman–Crippen LogP) is 6.50. The van der Waals surface area contributed by atoms with Crippen LogP contribution in [0.15, 0.2) is 72.8 Å². The maximum atomic E-state index is 11.6. The number of hydrogen-bond acceptors (Lipinski definition) is 6. The van der Waals surface area contributed by atoms with Crippen LogP contribution in [0.1, 0.15) is 33.0 Å². The molecule has 156 valence electrons. The van der Waals surface area contributed by atoms with Crippen molar-refractivity contribution in [2.75, 3.05) is 10.5 Å². The minimum Gasteiger partial charge on any atom is -0.769 e. The Balaban J connectivity index is 2.08. The van der Waals surface area contributed by atoms with Crippen LogP contribution in [0, 0.1) is 10.4 Å². The highest BCUT2D eigenvalue weighted by Gasteiger charge is 2.26. The van der Waals surface area contributed by atoms with E-state index in [-0.39, 0.29) is 27.7 Å². The van der Waals surface area contributed by atoms with E-state index in [1.54, 1.807) is 24.3 Å². The van der Waals surface area contributed by atoms with Gasteiger partial charge in [-0.3, -0.25) is 10.4 Å². The molecule has 0 spiro atoms. The van der Waals surface area contributed by atoms with Gasteiger partial charge in [0.2, 0.25) is 0 Å². The van der Waals surface area contributed by atoms with Crippen LogP contribution >= 0.6 is 23.2 Å². The molecule has 0 heterocycles. The van der Waals surface area contributed by atoms with Crippen LogP contribution in [0.3, 0.4) is 0 Å². The Labute approximate surface area is 183 Å². The zero-order chi connectivity index (χ0) is 21.7. The minimum atomic E-state index is -0.893. The van der Waals surface area contributed by atoms with Gasteiger partial charge in [0, 0.05) is 11.3 Å². The molecule has 2 N–H and O–H groups in total. The number of nitrogens with zero attached hydrogens (tertiary/aromatic N) is 2. The lowest BCUT2D eigenvalue weighted by Crippen LogP contribution is -2.17. The fourth-order valence-electron chi connectivity index (χ4n) is 3.01. The molecule has 0 fully saturated rings. The van der Waals surface area contributed by atoms with Crippen LogP contribution < -0.4 is 10.5 Å². The van der Waals surface area contributed by atoms with Crippen molar-refractivity contribution in [3.05, 3.63) is 105 Å². The zero-order valence-electron chi connectivity index (χ0n) is 15.6. The van der Waals surface area contributed by atoms with E-state index < -0.39 is 16.0 Å². The third-order valence-corrected chi connectivity index (χ3v) is 5.64. The van der Waals surface area contributed by atoms with Crippen LogP contribution in [0.2, 0.25) is 0 Å². The number of anilines is 2. The maximum Gasteiger partial charge on any atom is 0.101 e. The first-order valence-electron chi connectivity index (χ1n) is 8.95. The van der Waals surface area contributed by atoms with Crippen molar-refractivity contribution in [2.45, 2.75) is 10.8 Å². The molecule has 2 atom stereocenters. The van der Waals surface area contributed by atoms with E-state index in [9.17, 15) is 20.8 Å². The van der Waals surface area contributed by atoms with E-state index in [1.165, 1.54) is 6.07 Å². The first kappa shape index (κ1) is 22.1. The lowest BCUT2D eigenvalue weighted by atomic mass is 9.98. The lowest BCUT2D eigenvalue weighted by molar-refractivity contribution is 0.0286.